The number of carbonyl (C=O) groups excluding carboxylic acids is 1. The van der Waals surface area contributed by atoms with Gasteiger partial charge in [0.1, 0.15) is 4.70 Å². The van der Waals surface area contributed by atoms with E-state index in [1.165, 1.54) is 11.3 Å². The first-order chi connectivity index (χ1) is 10.6. The van der Waals surface area contributed by atoms with Crippen LogP contribution in [0.15, 0.2) is 14.6 Å². The van der Waals surface area contributed by atoms with Crippen LogP contribution in [0.4, 0.5) is 4.79 Å². The number of halogens is 1. The monoisotopic (exact) mass is 401 g/mol. The van der Waals surface area contributed by atoms with E-state index >= 15 is 0 Å². The van der Waals surface area contributed by atoms with Gasteiger partial charge in [-0.15, -0.1) is 11.3 Å². The van der Waals surface area contributed by atoms with Crippen LogP contribution in [-0.2, 0) is 4.74 Å². The molecule has 23 heavy (non-hydrogen) atoms. The van der Waals surface area contributed by atoms with Crippen LogP contribution in [0.25, 0.3) is 10.2 Å². The summed E-state index contributed by atoms with van der Waals surface area (Å²) >= 11 is 4.67. The number of H-pyrrole nitrogens is 1. The highest BCUT2D eigenvalue weighted by atomic mass is 79.9. The Balaban J connectivity index is 2.34. The maximum atomic E-state index is 12.2. The molecular weight excluding hydrogens is 382 g/mol. The van der Waals surface area contributed by atoms with Crippen LogP contribution in [0.3, 0.4) is 0 Å². The van der Waals surface area contributed by atoms with Crippen molar-refractivity contribution in [1.82, 2.24) is 15.3 Å². The van der Waals surface area contributed by atoms with Gasteiger partial charge >= 0.3 is 6.09 Å². The molecular formula is C15H20BrN3O3S. The molecule has 0 saturated carbocycles. The first-order valence-electron chi connectivity index (χ1n) is 7.25. The average molecular weight is 402 g/mol. The van der Waals surface area contributed by atoms with E-state index in [-0.39, 0.29) is 11.5 Å². The van der Waals surface area contributed by atoms with Gasteiger partial charge in [-0.25, -0.2) is 9.78 Å². The van der Waals surface area contributed by atoms with Crippen molar-refractivity contribution in [1.29, 1.82) is 0 Å². The van der Waals surface area contributed by atoms with Crippen molar-refractivity contribution in [3.63, 3.8) is 0 Å². The second kappa shape index (κ2) is 6.60. The molecule has 0 bridgehead atoms. The standard InChI is InChI=1S/C15H20BrN3O3S/c1-7(2)10(22-14(21)19-15(3,4)5)12-17-8-6-9(16)23-11(8)13(20)18-12/h6-7,10H,1-5H3,(H,19,21)(H,17,18,20)/t10-/m1/s1. The van der Waals surface area contributed by atoms with Crippen LogP contribution >= 0.6 is 27.3 Å². The first kappa shape index (κ1) is 17.9. The van der Waals surface area contributed by atoms with E-state index in [0.29, 0.717) is 16.0 Å². The van der Waals surface area contributed by atoms with Crippen LogP contribution in [0.5, 0.6) is 0 Å². The Kier molecular flexibility index (Phi) is 5.15. The van der Waals surface area contributed by atoms with E-state index in [4.69, 9.17) is 4.74 Å². The Morgan fingerprint density at radius 1 is 1.43 bits per heavy atom. The summed E-state index contributed by atoms with van der Waals surface area (Å²) in [6, 6.07) is 1.78. The van der Waals surface area contributed by atoms with Gasteiger partial charge in [-0.05, 0) is 48.7 Å². The van der Waals surface area contributed by atoms with Crippen molar-refractivity contribution in [3.05, 3.63) is 26.0 Å². The summed E-state index contributed by atoms with van der Waals surface area (Å²) in [5, 5.41) is 2.74. The van der Waals surface area contributed by atoms with Crippen molar-refractivity contribution in [2.24, 2.45) is 5.92 Å². The van der Waals surface area contributed by atoms with Gasteiger partial charge in [-0.1, -0.05) is 13.8 Å². The maximum Gasteiger partial charge on any atom is 0.408 e. The summed E-state index contributed by atoms with van der Waals surface area (Å²) < 4.78 is 6.87. The molecule has 1 atom stereocenters. The van der Waals surface area contributed by atoms with E-state index in [2.05, 4.69) is 31.2 Å². The molecule has 0 unspecified atom stereocenters. The van der Waals surface area contributed by atoms with Crippen molar-refractivity contribution >= 4 is 43.6 Å². The molecule has 2 N–H and O–H groups in total. The number of rotatable bonds is 3. The summed E-state index contributed by atoms with van der Waals surface area (Å²) in [7, 11) is 0. The van der Waals surface area contributed by atoms with Gasteiger partial charge in [0.25, 0.3) is 5.56 Å². The lowest BCUT2D eigenvalue weighted by molar-refractivity contribution is 0.0604. The van der Waals surface area contributed by atoms with Crippen LogP contribution in [0.2, 0.25) is 0 Å². The third kappa shape index (κ3) is 4.54. The van der Waals surface area contributed by atoms with Crippen molar-refractivity contribution in [3.8, 4) is 0 Å². The van der Waals surface area contributed by atoms with Gasteiger partial charge in [0.15, 0.2) is 11.9 Å². The molecule has 2 aromatic heterocycles. The Bertz CT molecular complexity index is 776. The van der Waals surface area contributed by atoms with Crippen molar-refractivity contribution in [2.75, 3.05) is 0 Å². The Morgan fingerprint density at radius 3 is 2.65 bits per heavy atom. The Hall–Kier alpha value is -1.41. The molecule has 0 saturated heterocycles. The number of aromatic nitrogens is 2. The summed E-state index contributed by atoms with van der Waals surface area (Å²) in [6.07, 6.45) is -1.17. The minimum absolute atomic E-state index is 0.0385. The van der Waals surface area contributed by atoms with Crippen molar-refractivity contribution in [2.45, 2.75) is 46.3 Å². The largest absolute Gasteiger partial charge is 0.438 e. The second-order valence-corrected chi connectivity index (χ2v) is 9.09. The SMILES string of the molecule is CC(C)[C@@H](OC(=O)NC(C)(C)C)c1nc2cc(Br)sc2c(=O)[nH]1. The van der Waals surface area contributed by atoms with E-state index < -0.39 is 17.7 Å². The van der Waals surface area contributed by atoms with Crippen LogP contribution in [0.1, 0.15) is 46.5 Å². The molecule has 0 aliphatic heterocycles. The Morgan fingerprint density at radius 2 is 2.09 bits per heavy atom. The number of hydrogen-bond donors (Lipinski definition) is 2. The fourth-order valence-corrected chi connectivity index (χ4v) is 3.44. The van der Waals surface area contributed by atoms with Crippen LogP contribution in [0, 0.1) is 5.92 Å². The highest BCUT2D eigenvalue weighted by Gasteiger charge is 2.26. The lowest BCUT2D eigenvalue weighted by Gasteiger charge is -2.25. The molecule has 2 heterocycles. The molecule has 6 nitrogen and oxygen atoms in total. The molecule has 0 aliphatic carbocycles. The summed E-state index contributed by atoms with van der Waals surface area (Å²) in [4.78, 5) is 31.4. The number of amides is 1. The topological polar surface area (TPSA) is 84.1 Å². The molecule has 2 rings (SSSR count). The molecule has 2 aromatic rings. The molecule has 0 spiro atoms. The molecule has 0 fully saturated rings. The van der Waals surface area contributed by atoms with Crippen molar-refractivity contribution < 1.29 is 9.53 Å². The number of nitrogens with zero attached hydrogens (tertiary/aromatic N) is 1. The number of ether oxygens (including phenoxy) is 1. The number of carbonyl (C=O) groups is 1. The van der Waals surface area contributed by atoms with Gasteiger partial charge in [0.05, 0.1) is 9.30 Å². The number of fused-ring (bicyclic) bond motifs is 1. The van der Waals surface area contributed by atoms with E-state index in [0.717, 1.165) is 3.79 Å². The number of alkyl carbamates (subject to hydrolysis) is 1. The highest BCUT2D eigenvalue weighted by Crippen LogP contribution is 2.28. The zero-order chi connectivity index (χ0) is 17.4. The van der Waals surface area contributed by atoms with Gasteiger partial charge in [0.2, 0.25) is 0 Å². The number of aromatic amines is 1. The third-order valence-electron chi connectivity index (χ3n) is 2.96. The van der Waals surface area contributed by atoms with Crippen LogP contribution in [-0.4, -0.2) is 21.6 Å². The van der Waals surface area contributed by atoms with Gasteiger partial charge in [-0.2, -0.15) is 0 Å². The smallest absolute Gasteiger partial charge is 0.408 e. The van der Waals surface area contributed by atoms with Crippen LogP contribution < -0.4 is 10.9 Å². The molecule has 0 radical (unpaired) electrons. The van der Waals surface area contributed by atoms with Gasteiger partial charge in [-0.3, -0.25) is 4.79 Å². The molecule has 1 amide bonds. The minimum atomic E-state index is -0.631. The lowest BCUT2D eigenvalue weighted by atomic mass is 10.1. The summed E-state index contributed by atoms with van der Waals surface area (Å²) in [6.45, 7) is 9.42. The zero-order valence-corrected chi connectivity index (χ0v) is 16.1. The summed E-state index contributed by atoms with van der Waals surface area (Å²) in [5.41, 5.74) is -0.0426. The molecule has 8 heteroatoms. The minimum Gasteiger partial charge on any atom is -0.438 e. The van der Waals surface area contributed by atoms with E-state index in [1.54, 1.807) is 6.07 Å². The normalized spacial score (nSPS) is 13.3. The van der Waals surface area contributed by atoms with E-state index in [1.807, 2.05) is 34.6 Å². The molecule has 126 valence electrons. The predicted molar refractivity (Wildman–Crippen MR) is 94.9 cm³/mol. The quantitative estimate of drug-likeness (QED) is 0.814. The fourth-order valence-electron chi connectivity index (χ4n) is 2.02. The Labute approximate surface area is 146 Å². The molecule has 0 aromatic carbocycles. The number of nitrogens with one attached hydrogen (secondary N) is 2. The first-order valence-corrected chi connectivity index (χ1v) is 8.86. The lowest BCUT2D eigenvalue weighted by Crippen LogP contribution is -2.42. The maximum absolute atomic E-state index is 12.2. The predicted octanol–water partition coefficient (Wildman–Crippen LogP) is 3.97. The van der Waals surface area contributed by atoms with E-state index in [9.17, 15) is 9.59 Å². The highest BCUT2D eigenvalue weighted by molar-refractivity contribution is 9.11. The number of thiophene rings is 1. The third-order valence-corrected chi connectivity index (χ3v) is 4.58. The zero-order valence-electron chi connectivity index (χ0n) is 13.7. The average Bonchev–Trinajstić information content (AvgIpc) is 2.74. The molecule has 0 aliphatic rings. The second-order valence-electron chi connectivity index (χ2n) is 6.66. The van der Waals surface area contributed by atoms with Gasteiger partial charge < -0.3 is 15.0 Å². The van der Waals surface area contributed by atoms with Gasteiger partial charge in [0, 0.05) is 5.54 Å². The fraction of sp³-hybridized carbons (Fsp3) is 0.533. The number of hydrogen-bond acceptors (Lipinski definition) is 5. The summed E-state index contributed by atoms with van der Waals surface area (Å²) in [5.74, 6) is 0.315.